The van der Waals surface area contributed by atoms with Crippen molar-refractivity contribution in [2.75, 3.05) is 13.6 Å². The van der Waals surface area contributed by atoms with Crippen LogP contribution in [-0.2, 0) is 11.3 Å². The number of carbonyl (C=O) groups is 1. The second kappa shape index (κ2) is 8.13. The Morgan fingerprint density at radius 1 is 1.31 bits per heavy atom. The van der Waals surface area contributed by atoms with Crippen molar-refractivity contribution in [3.63, 3.8) is 0 Å². The monoisotopic (exact) mass is 242 g/mol. The molecule has 3 nitrogen and oxygen atoms in total. The lowest BCUT2D eigenvalue weighted by Crippen LogP contribution is -2.33. The third-order valence-electron chi connectivity index (χ3n) is 2.27. The van der Waals surface area contributed by atoms with Gasteiger partial charge in [0.15, 0.2) is 0 Å². The highest BCUT2D eigenvalue weighted by molar-refractivity contribution is 5.85. The summed E-state index contributed by atoms with van der Waals surface area (Å²) in [5, 5.41) is 5.89. The van der Waals surface area contributed by atoms with Crippen molar-refractivity contribution in [3.8, 4) is 0 Å². The van der Waals surface area contributed by atoms with Gasteiger partial charge in [-0.2, -0.15) is 0 Å². The molecule has 0 aliphatic rings. The maximum Gasteiger partial charge on any atom is 0.224 e. The molecule has 0 bridgehead atoms. The predicted octanol–water partition coefficient (Wildman–Crippen LogP) is 1.58. The normalized spacial score (nSPS) is 11.4. The van der Waals surface area contributed by atoms with E-state index in [0.29, 0.717) is 13.1 Å². The molecule has 2 N–H and O–H groups in total. The van der Waals surface area contributed by atoms with Gasteiger partial charge in [-0.3, -0.25) is 4.79 Å². The number of halogens is 1. The van der Waals surface area contributed by atoms with Gasteiger partial charge in [-0.05, 0) is 12.6 Å². The lowest BCUT2D eigenvalue weighted by Gasteiger charge is -2.11. The average Bonchev–Trinajstić information content (AvgIpc) is 2.27. The van der Waals surface area contributed by atoms with Crippen LogP contribution in [0.15, 0.2) is 30.3 Å². The minimum Gasteiger partial charge on any atom is -0.352 e. The Kier molecular flexibility index (Phi) is 7.60. The summed E-state index contributed by atoms with van der Waals surface area (Å²) in [7, 11) is 1.85. The Morgan fingerprint density at radius 3 is 2.50 bits per heavy atom. The molecular formula is C12H19ClN2O. The van der Waals surface area contributed by atoms with E-state index >= 15 is 0 Å². The molecule has 0 aromatic heterocycles. The number of hydrogen-bond acceptors (Lipinski definition) is 2. The molecule has 90 valence electrons. The van der Waals surface area contributed by atoms with Crippen LogP contribution in [-0.4, -0.2) is 19.5 Å². The van der Waals surface area contributed by atoms with Crippen molar-refractivity contribution in [2.45, 2.75) is 13.5 Å². The molecule has 0 aliphatic carbocycles. The van der Waals surface area contributed by atoms with E-state index in [2.05, 4.69) is 10.6 Å². The minimum absolute atomic E-state index is 0. The summed E-state index contributed by atoms with van der Waals surface area (Å²) in [5.74, 6) is 0.104. The van der Waals surface area contributed by atoms with Crippen molar-refractivity contribution in [3.05, 3.63) is 35.9 Å². The van der Waals surface area contributed by atoms with Crippen LogP contribution < -0.4 is 10.6 Å². The van der Waals surface area contributed by atoms with E-state index in [1.165, 1.54) is 0 Å². The third kappa shape index (κ3) is 5.14. The minimum atomic E-state index is 0. The Balaban J connectivity index is 0.00000225. The van der Waals surface area contributed by atoms with Crippen LogP contribution in [0.4, 0.5) is 0 Å². The molecule has 4 heteroatoms. The summed E-state index contributed by atoms with van der Waals surface area (Å²) in [5.41, 5.74) is 1.13. The second-order valence-electron chi connectivity index (χ2n) is 3.66. The van der Waals surface area contributed by atoms with Crippen LogP contribution in [0.3, 0.4) is 0 Å². The second-order valence-corrected chi connectivity index (χ2v) is 3.66. The average molecular weight is 243 g/mol. The van der Waals surface area contributed by atoms with Gasteiger partial charge in [0.05, 0.1) is 0 Å². The third-order valence-corrected chi connectivity index (χ3v) is 2.27. The molecule has 0 fully saturated rings. The Bertz CT molecular complexity index is 303. The van der Waals surface area contributed by atoms with Gasteiger partial charge in [0.1, 0.15) is 0 Å². The molecule has 0 aliphatic heterocycles. The number of carbonyl (C=O) groups excluding carboxylic acids is 1. The van der Waals surface area contributed by atoms with Gasteiger partial charge < -0.3 is 10.6 Å². The van der Waals surface area contributed by atoms with E-state index in [1.54, 1.807) is 0 Å². The van der Waals surface area contributed by atoms with E-state index in [-0.39, 0.29) is 24.2 Å². The largest absolute Gasteiger partial charge is 0.352 e. The molecule has 1 unspecified atom stereocenters. The topological polar surface area (TPSA) is 41.1 Å². The van der Waals surface area contributed by atoms with Gasteiger partial charge in [0.2, 0.25) is 5.91 Å². The van der Waals surface area contributed by atoms with Gasteiger partial charge in [-0.1, -0.05) is 37.3 Å². The molecule has 1 atom stereocenters. The van der Waals surface area contributed by atoms with Gasteiger partial charge in [-0.15, -0.1) is 12.4 Å². The first-order valence-electron chi connectivity index (χ1n) is 5.20. The highest BCUT2D eigenvalue weighted by Gasteiger charge is 2.10. The van der Waals surface area contributed by atoms with Crippen LogP contribution in [0.25, 0.3) is 0 Å². The first-order chi connectivity index (χ1) is 7.24. The molecule has 0 saturated carbocycles. The molecule has 0 spiro atoms. The molecule has 0 heterocycles. The van der Waals surface area contributed by atoms with Crippen molar-refractivity contribution < 1.29 is 4.79 Å². The van der Waals surface area contributed by atoms with Crippen molar-refractivity contribution >= 4 is 18.3 Å². The maximum atomic E-state index is 11.6. The first kappa shape index (κ1) is 14.9. The maximum absolute atomic E-state index is 11.6. The number of nitrogens with one attached hydrogen (secondary N) is 2. The number of rotatable bonds is 5. The highest BCUT2D eigenvalue weighted by Crippen LogP contribution is 1.99. The number of hydrogen-bond donors (Lipinski definition) is 2. The van der Waals surface area contributed by atoms with Gasteiger partial charge in [0.25, 0.3) is 0 Å². The van der Waals surface area contributed by atoms with Gasteiger partial charge in [-0.25, -0.2) is 0 Å². The number of benzene rings is 1. The van der Waals surface area contributed by atoms with E-state index < -0.39 is 0 Å². The summed E-state index contributed by atoms with van der Waals surface area (Å²) < 4.78 is 0. The van der Waals surface area contributed by atoms with E-state index in [0.717, 1.165) is 5.56 Å². The summed E-state index contributed by atoms with van der Waals surface area (Å²) in [4.78, 5) is 11.6. The highest BCUT2D eigenvalue weighted by atomic mass is 35.5. The molecule has 0 radical (unpaired) electrons. The summed E-state index contributed by atoms with van der Waals surface area (Å²) >= 11 is 0. The zero-order chi connectivity index (χ0) is 11.1. The molecule has 0 saturated heterocycles. The zero-order valence-corrected chi connectivity index (χ0v) is 10.5. The molecule has 1 aromatic carbocycles. The molecular weight excluding hydrogens is 224 g/mol. The van der Waals surface area contributed by atoms with Gasteiger partial charge >= 0.3 is 0 Å². The smallest absolute Gasteiger partial charge is 0.224 e. The van der Waals surface area contributed by atoms with E-state index in [9.17, 15) is 4.79 Å². The van der Waals surface area contributed by atoms with Crippen molar-refractivity contribution in [1.29, 1.82) is 0 Å². The summed E-state index contributed by atoms with van der Waals surface area (Å²) in [6, 6.07) is 9.91. The Morgan fingerprint density at radius 2 is 1.94 bits per heavy atom. The first-order valence-corrected chi connectivity index (χ1v) is 5.20. The molecule has 16 heavy (non-hydrogen) atoms. The van der Waals surface area contributed by atoms with Crippen LogP contribution in [0.5, 0.6) is 0 Å². The predicted molar refractivity (Wildman–Crippen MR) is 68.6 cm³/mol. The lowest BCUT2D eigenvalue weighted by atomic mass is 10.1. The van der Waals surface area contributed by atoms with Crippen LogP contribution in [0.1, 0.15) is 12.5 Å². The van der Waals surface area contributed by atoms with Gasteiger partial charge in [0, 0.05) is 19.0 Å². The van der Waals surface area contributed by atoms with Crippen LogP contribution >= 0.6 is 12.4 Å². The van der Waals surface area contributed by atoms with E-state index in [4.69, 9.17) is 0 Å². The van der Waals surface area contributed by atoms with E-state index in [1.807, 2.05) is 44.3 Å². The quantitative estimate of drug-likeness (QED) is 0.823. The molecule has 1 amide bonds. The molecule has 1 rings (SSSR count). The fourth-order valence-electron chi connectivity index (χ4n) is 1.36. The summed E-state index contributed by atoms with van der Waals surface area (Å²) in [6.07, 6.45) is 0. The number of amides is 1. The van der Waals surface area contributed by atoms with Crippen molar-refractivity contribution in [1.82, 2.24) is 10.6 Å². The Hall–Kier alpha value is -1.06. The summed E-state index contributed by atoms with van der Waals surface area (Å²) in [6.45, 7) is 3.23. The fourth-order valence-corrected chi connectivity index (χ4v) is 1.36. The molecule has 1 aromatic rings. The fraction of sp³-hybridized carbons (Fsp3) is 0.417. The Labute approximate surface area is 103 Å². The zero-order valence-electron chi connectivity index (χ0n) is 9.69. The standard InChI is InChI=1S/C12H18N2O.ClH/c1-10(8-13-2)12(15)14-9-11-6-4-3-5-7-11;/h3-7,10,13H,8-9H2,1-2H3,(H,14,15);1H. The lowest BCUT2D eigenvalue weighted by molar-refractivity contribution is -0.124. The van der Waals surface area contributed by atoms with Crippen molar-refractivity contribution in [2.24, 2.45) is 5.92 Å². The van der Waals surface area contributed by atoms with Crippen LogP contribution in [0.2, 0.25) is 0 Å². The SMILES string of the molecule is CNCC(C)C(=O)NCc1ccccc1.Cl. The van der Waals surface area contributed by atoms with Crippen LogP contribution in [0, 0.1) is 5.92 Å².